The summed E-state index contributed by atoms with van der Waals surface area (Å²) in [6, 6.07) is 2.42. The first-order valence-electron chi connectivity index (χ1n) is 3.57. The second-order valence-corrected chi connectivity index (χ2v) is 3.16. The summed E-state index contributed by atoms with van der Waals surface area (Å²) in [7, 11) is 0.903. The zero-order valence-electron chi connectivity index (χ0n) is 7.13. The summed E-state index contributed by atoms with van der Waals surface area (Å²) in [5.41, 5.74) is -0.508. The molecule has 0 unspecified atom stereocenters. The molecule has 0 spiro atoms. The number of alkyl halides is 2. The van der Waals surface area contributed by atoms with Gasteiger partial charge in [0.15, 0.2) is 0 Å². The van der Waals surface area contributed by atoms with E-state index in [1.165, 1.54) is 12.3 Å². The van der Waals surface area contributed by atoms with Crippen molar-refractivity contribution >= 4 is 21.9 Å². The zero-order valence-corrected chi connectivity index (χ0v) is 8.72. The van der Waals surface area contributed by atoms with Crippen LogP contribution in [0.25, 0.3) is 0 Å². The molecule has 0 saturated heterocycles. The fraction of sp³-hybridized carbons (Fsp3) is 0.250. The lowest BCUT2D eigenvalue weighted by atomic mass is 10.1. The number of pyridine rings is 1. The van der Waals surface area contributed by atoms with E-state index in [4.69, 9.17) is 0 Å². The maximum atomic E-state index is 13.3. The van der Waals surface area contributed by atoms with Gasteiger partial charge in [0.2, 0.25) is 0 Å². The molecule has 3 nitrogen and oxygen atoms in total. The highest BCUT2D eigenvalue weighted by Crippen LogP contribution is 2.33. The maximum absolute atomic E-state index is 13.3. The van der Waals surface area contributed by atoms with Gasteiger partial charge in [-0.1, -0.05) is 0 Å². The van der Waals surface area contributed by atoms with Crippen LogP contribution in [0.4, 0.5) is 8.78 Å². The molecule has 0 aliphatic heterocycles. The van der Waals surface area contributed by atoms with Gasteiger partial charge in [0, 0.05) is 6.20 Å². The van der Waals surface area contributed by atoms with E-state index in [1.54, 1.807) is 0 Å². The third-order valence-corrected chi connectivity index (χ3v) is 2.17. The number of ether oxygens (including phenoxy) is 1. The molecule has 0 bridgehead atoms. The van der Waals surface area contributed by atoms with Crippen LogP contribution in [-0.2, 0) is 15.5 Å². The number of rotatable bonds is 2. The Balaban J connectivity index is 3.16. The average Bonchev–Trinajstić information content (AvgIpc) is 2.17. The maximum Gasteiger partial charge on any atom is 0.381 e. The smallest absolute Gasteiger partial charge is 0.381 e. The van der Waals surface area contributed by atoms with Crippen LogP contribution in [0.3, 0.4) is 0 Å². The molecule has 0 amide bonds. The normalized spacial score (nSPS) is 11.1. The molecule has 0 fully saturated rings. The monoisotopic (exact) mass is 265 g/mol. The summed E-state index contributed by atoms with van der Waals surface area (Å²) in [6.45, 7) is 0. The first kappa shape index (κ1) is 11.0. The summed E-state index contributed by atoms with van der Waals surface area (Å²) in [5, 5.41) is 0. The summed E-state index contributed by atoms with van der Waals surface area (Å²) < 4.78 is 30.4. The Bertz CT molecular complexity index is 357. The predicted molar refractivity (Wildman–Crippen MR) is 47.8 cm³/mol. The molecule has 0 N–H and O–H groups in total. The number of nitrogens with zero attached hydrogens (tertiary/aromatic N) is 1. The molecule has 0 aliphatic carbocycles. The van der Waals surface area contributed by atoms with Crippen LogP contribution < -0.4 is 0 Å². The van der Waals surface area contributed by atoms with Crippen LogP contribution in [0.15, 0.2) is 22.9 Å². The topological polar surface area (TPSA) is 39.2 Å². The third kappa shape index (κ3) is 1.89. The average molecular weight is 266 g/mol. The van der Waals surface area contributed by atoms with Crippen molar-refractivity contribution in [3.05, 3.63) is 28.5 Å². The minimum absolute atomic E-state index is 0.0737. The number of carbonyl (C=O) groups is 1. The summed E-state index contributed by atoms with van der Waals surface area (Å²) in [4.78, 5) is 14.4. The van der Waals surface area contributed by atoms with Gasteiger partial charge in [-0.3, -0.25) is 0 Å². The molecular formula is C8H6BrF2NO2. The van der Waals surface area contributed by atoms with E-state index in [1.807, 2.05) is 0 Å². The molecule has 1 rings (SSSR count). The third-order valence-electron chi connectivity index (χ3n) is 1.54. The van der Waals surface area contributed by atoms with Gasteiger partial charge in [-0.05, 0) is 28.1 Å². The number of halogens is 3. The lowest BCUT2D eigenvalue weighted by molar-refractivity contribution is -0.170. The second kappa shape index (κ2) is 4.00. The van der Waals surface area contributed by atoms with Crippen molar-refractivity contribution in [1.29, 1.82) is 0 Å². The molecule has 0 radical (unpaired) electrons. The molecule has 14 heavy (non-hydrogen) atoms. The SMILES string of the molecule is COC(=O)C(F)(F)c1cccnc1Br. The Morgan fingerprint density at radius 1 is 1.64 bits per heavy atom. The van der Waals surface area contributed by atoms with Gasteiger partial charge in [-0.2, -0.15) is 8.78 Å². The second-order valence-electron chi connectivity index (χ2n) is 2.41. The number of hydrogen-bond acceptors (Lipinski definition) is 3. The molecule has 1 aromatic rings. The van der Waals surface area contributed by atoms with Crippen LogP contribution in [0.1, 0.15) is 5.56 Å². The molecule has 6 heteroatoms. The Labute approximate surface area is 87.2 Å². The standard InChI is InChI=1S/C8H6BrF2NO2/c1-14-7(13)8(10,11)5-3-2-4-12-6(5)9/h2-4H,1H3. The fourth-order valence-corrected chi connectivity index (χ4v) is 1.36. The highest BCUT2D eigenvalue weighted by Gasteiger charge is 2.44. The Kier molecular flexibility index (Phi) is 3.15. The van der Waals surface area contributed by atoms with E-state index < -0.39 is 17.5 Å². The molecule has 0 aromatic carbocycles. The Morgan fingerprint density at radius 3 is 2.79 bits per heavy atom. The van der Waals surface area contributed by atoms with Crippen molar-refractivity contribution in [2.45, 2.75) is 5.92 Å². The molecule has 76 valence electrons. The molecular weight excluding hydrogens is 260 g/mol. The lowest BCUT2D eigenvalue weighted by Gasteiger charge is -2.14. The lowest BCUT2D eigenvalue weighted by Crippen LogP contribution is -2.27. The number of hydrogen-bond donors (Lipinski definition) is 0. The van der Waals surface area contributed by atoms with E-state index in [0.29, 0.717) is 0 Å². The van der Waals surface area contributed by atoms with Crippen molar-refractivity contribution in [2.24, 2.45) is 0 Å². The Morgan fingerprint density at radius 2 is 2.29 bits per heavy atom. The van der Waals surface area contributed by atoms with Gasteiger partial charge in [-0.25, -0.2) is 9.78 Å². The fourth-order valence-electron chi connectivity index (χ4n) is 0.858. The van der Waals surface area contributed by atoms with Crippen LogP contribution in [0.2, 0.25) is 0 Å². The first-order chi connectivity index (χ1) is 6.50. The molecule has 0 atom stereocenters. The minimum atomic E-state index is -3.68. The van der Waals surface area contributed by atoms with Gasteiger partial charge in [-0.15, -0.1) is 0 Å². The minimum Gasteiger partial charge on any atom is -0.464 e. The summed E-state index contributed by atoms with van der Waals surface area (Å²) in [6.07, 6.45) is 1.33. The van der Waals surface area contributed by atoms with Crippen LogP contribution >= 0.6 is 15.9 Å². The Hall–Kier alpha value is -1.04. The quantitative estimate of drug-likeness (QED) is 0.608. The van der Waals surface area contributed by atoms with Crippen molar-refractivity contribution < 1.29 is 18.3 Å². The van der Waals surface area contributed by atoms with Gasteiger partial charge in [0.05, 0.1) is 12.7 Å². The zero-order chi connectivity index (χ0) is 10.8. The predicted octanol–water partition coefficient (Wildman–Crippen LogP) is 2.11. The van der Waals surface area contributed by atoms with Crippen LogP contribution in [0.5, 0.6) is 0 Å². The highest BCUT2D eigenvalue weighted by molar-refractivity contribution is 9.10. The van der Waals surface area contributed by atoms with Gasteiger partial charge in [0.1, 0.15) is 4.60 Å². The van der Waals surface area contributed by atoms with Crippen molar-refractivity contribution in [2.75, 3.05) is 7.11 Å². The van der Waals surface area contributed by atoms with E-state index in [9.17, 15) is 13.6 Å². The van der Waals surface area contributed by atoms with Gasteiger partial charge >= 0.3 is 11.9 Å². The van der Waals surface area contributed by atoms with Crippen molar-refractivity contribution in [1.82, 2.24) is 4.98 Å². The number of methoxy groups -OCH3 is 1. The van der Waals surface area contributed by atoms with E-state index in [2.05, 4.69) is 25.7 Å². The molecule has 1 aromatic heterocycles. The van der Waals surface area contributed by atoms with E-state index >= 15 is 0 Å². The largest absolute Gasteiger partial charge is 0.464 e. The van der Waals surface area contributed by atoms with E-state index in [0.717, 1.165) is 13.2 Å². The highest BCUT2D eigenvalue weighted by atomic mass is 79.9. The number of carbonyl (C=O) groups excluding carboxylic acids is 1. The van der Waals surface area contributed by atoms with Crippen molar-refractivity contribution in [3.8, 4) is 0 Å². The first-order valence-corrected chi connectivity index (χ1v) is 4.36. The van der Waals surface area contributed by atoms with Gasteiger partial charge < -0.3 is 4.74 Å². The number of esters is 1. The molecule has 0 aliphatic rings. The van der Waals surface area contributed by atoms with Crippen LogP contribution in [0, 0.1) is 0 Å². The van der Waals surface area contributed by atoms with Gasteiger partial charge in [0.25, 0.3) is 0 Å². The summed E-state index contributed by atoms with van der Waals surface area (Å²) in [5.74, 6) is -5.28. The summed E-state index contributed by atoms with van der Waals surface area (Å²) >= 11 is 2.83. The van der Waals surface area contributed by atoms with Crippen LogP contribution in [-0.4, -0.2) is 18.1 Å². The number of aromatic nitrogens is 1. The van der Waals surface area contributed by atoms with E-state index in [-0.39, 0.29) is 4.60 Å². The van der Waals surface area contributed by atoms with Crippen molar-refractivity contribution in [3.63, 3.8) is 0 Å². The molecule has 1 heterocycles. The molecule has 0 saturated carbocycles.